The van der Waals surface area contributed by atoms with Crippen LogP contribution in [0.1, 0.15) is 10.4 Å². The minimum absolute atomic E-state index is 0.142. The van der Waals surface area contributed by atoms with E-state index in [9.17, 15) is 23.3 Å². The van der Waals surface area contributed by atoms with E-state index in [0.29, 0.717) is 5.82 Å². The molecule has 2 aromatic carbocycles. The van der Waals surface area contributed by atoms with E-state index in [4.69, 9.17) is 0 Å². The van der Waals surface area contributed by atoms with Crippen LogP contribution >= 0.6 is 0 Å². The molecule has 160 valence electrons. The predicted octanol–water partition coefficient (Wildman–Crippen LogP) is 2.30. The Morgan fingerprint density at radius 1 is 1.06 bits per heavy atom. The molecule has 0 aliphatic rings. The minimum Gasteiger partial charge on any atom is -0.378 e. The average molecular weight is 441 g/mol. The monoisotopic (exact) mass is 441 g/mol. The van der Waals surface area contributed by atoms with Gasteiger partial charge in [-0.1, -0.05) is 30.3 Å². The van der Waals surface area contributed by atoms with Gasteiger partial charge >= 0.3 is 0 Å². The lowest BCUT2D eigenvalue weighted by atomic mass is 10.2. The first kappa shape index (κ1) is 21.8. The molecule has 1 aromatic heterocycles. The fourth-order valence-electron chi connectivity index (χ4n) is 2.70. The molecular weight excluding hydrogens is 422 g/mol. The number of sulfone groups is 1. The van der Waals surface area contributed by atoms with E-state index in [-0.39, 0.29) is 40.8 Å². The third-order valence-electron chi connectivity index (χ3n) is 4.27. The standard InChI is InChI=1S/C20H19N5O5S/c1-31(29,30)16-7-8-17(18(11-16)25(27)28)21-9-10-22-20(26)15-12-23-19(24-13-15)14-5-3-2-4-6-14/h2-8,11-13,21H,9-10H2,1H3,(H,22,26). The average Bonchev–Trinajstić information content (AvgIpc) is 2.76. The molecule has 11 heteroatoms. The second kappa shape index (κ2) is 9.30. The highest BCUT2D eigenvalue weighted by atomic mass is 32.2. The van der Waals surface area contributed by atoms with Gasteiger partial charge in [-0.25, -0.2) is 18.4 Å². The van der Waals surface area contributed by atoms with Gasteiger partial charge in [0.15, 0.2) is 15.7 Å². The highest BCUT2D eigenvalue weighted by molar-refractivity contribution is 7.90. The van der Waals surface area contributed by atoms with Crippen LogP contribution in [-0.4, -0.2) is 48.6 Å². The van der Waals surface area contributed by atoms with Crippen molar-refractivity contribution in [2.45, 2.75) is 4.90 Å². The van der Waals surface area contributed by atoms with Crippen LogP contribution < -0.4 is 10.6 Å². The van der Waals surface area contributed by atoms with Gasteiger partial charge in [-0.15, -0.1) is 0 Å². The molecular formula is C20H19N5O5S. The summed E-state index contributed by atoms with van der Waals surface area (Å²) >= 11 is 0. The van der Waals surface area contributed by atoms with Gasteiger partial charge in [0.05, 0.1) is 15.4 Å². The van der Waals surface area contributed by atoms with E-state index in [1.807, 2.05) is 30.3 Å². The molecule has 3 aromatic rings. The number of anilines is 1. The number of nitro groups is 1. The summed E-state index contributed by atoms with van der Waals surface area (Å²) in [5, 5.41) is 16.7. The van der Waals surface area contributed by atoms with E-state index in [1.165, 1.54) is 24.5 Å². The number of carbonyl (C=O) groups is 1. The number of benzene rings is 2. The van der Waals surface area contributed by atoms with E-state index in [0.717, 1.165) is 17.9 Å². The van der Waals surface area contributed by atoms with Crippen LogP contribution in [0, 0.1) is 10.1 Å². The fourth-order valence-corrected chi connectivity index (χ4v) is 3.34. The summed E-state index contributed by atoms with van der Waals surface area (Å²) < 4.78 is 23.2. The summed E-state index contributed by atoms with van der Waals surface area (Å²) in [6.07, 6.45) is 3.82. The van der Waals surface area contributed by atoms with Crippen LogP contribution in [-0.2, 0) is 9.84 Å². The summed E-state index contributed by atoms with van der Waals surface area (Å²) in [4.78, 5) is 31.1. The molecule has 0 radical (unpaired) electrons. The SMILES string of the molecule is CS(=O)(=O)c1ccc(NCCNC(=O)c2cnc(-c3ccccc3)nc2)c([N+](=O)[O-])c1. The maximum atomic E-state index is 12.2. The zero-order chi connectivity index (χ0) is 22.4. The summed E-state index contributed by atoms with van der Waals surface area (Å²) in [7, 11) is -3.56. The second-order valence-electron chi connectivity index (χ2n) is 6.55. The summed E-state index contributed by atoms with van der Waals surface area (Å²) in [5.74, 6) is 0.118. The van der Waals surface area contributed by atoms with E-state index in [1.54, 1.807) is 0 Å². The number of aromatic nitrogens is 2. The lowest BCUT2D eigenvalue weighted by molar-refractivity contribution is -0.384. The molecule has 0 spiro atoms. The summed E-state index contributed by atoms with van der Waals surface area (Å²) in [6.45, 7) is 0.359. The van der Waals surface area contributed by atoms with Gasteiger partial charge in [-0.05, 0) is 12.1 Å². The molecule has 31 heavy (non-hydrogen) atoms. The number of rotatable bonds is 8. The molecule has 1 heterocycles. The van der Waals surface area contributed by atoms with Crippen LogP contribution in [0.2, 0.25) is 0 Å². The molecule has 0 saturated heterocycles. The second-order valence-corrected chi connectivity index (χ2v) is 8.57. The summed E-state index contributed by atoms with van der Waals surface area (Å²) in [6, 6.07) is 13.0. The first-order valence-electron chi connectivity index (χ1n) is 9.14. The van der Waals surface area contributed by atoms with Gasteiger partial charge in [0.2, 0.25) is 0 Å². The molecule has 0 saturated carbocycles. The van der Waals surface area contributed by atoms with Crippen molar-refractivity contribution in [1.29, 1.82) is 0 Å². The first-order valence-corrected chi connectivity index (χ1v) is 11.0. The molecule has 0 bridgehead atoms. The molecule has 0 fully saturated rings. The Morgan fingerprint density at radius 3 is 2.35 bits per heavy atom. The molecule has 1 amide bonds. The third-order valence-corrected chi connectivity index (χ3v) is 5.38. The van der Waals surface area contributed by atoms with Crippen molar-refractivity contribution in [3.8, 4) is 11.4 Å². The van der Waals surface area contributed by atoms with Crippen LogP contribution in [0.5, 0.6) is 0 Å². The molecule has 0 aliphatic carbocycles. The normalized spacial score (nSPS) is 11.0. The lowest BCUT2D eigenvalue weighted by Crippen LogP contribution is -2.29. The van der Waals surface area contributed by atoms with Crippen LogP contribution in [0.15, 0.2) is 65.8 Å². The van der Waals surface area contributed by atoms with Gasteiger partial charge in [0.1, 0.15) is 5.69 Å². The van der Waals surface area contributed by atoms with Crippen LogP contribution in [0.3, 0.4) is 0 Å². The van der Waals surface area contributed by atoms with Gasteiger partial charge in [-0.2, -0.15) is 0 Å². The number of nitrogens with one attached hydrogen (secondary N) is 2. The lowest BCUT2D eigenvalue weighted by Gasteiger charge is -2.09. The van der Waals surface area contributed by atoms with Crippen molar-refractivity contribution in [1.82, 2.24) is 15.3 Å². The molecule has 0 unspecified atom stereocenters. The minimum atomic E-state index is -3.56. The van der Waals surface area contributed by atoms with E-state index < -0.39 is 14.8 Å². The Balaban J connectivity index is 1.57. The maximum absolute atomic E-state index is 12.2. The molecule has 2 N–H and O–H groups in total. The van der Waals surface area contributed by atoms with Gasteiger partial charge < -0.3 is 10.6 Å². The van der Waals surface area contributed by atoms with Crippen molar-refractivity contribution in [3.63, 3.8) is 0 Å². The number of carbonyl (C=O) groups excluding carboxylic acids is 1. The first-order chi connectivity index (χ1) is 14.8. The Morgan fingerprint density at radius 2 is 1.74 bits per heavy atom. The third kappa shape index (κ3) is 5.60. The Bertz CT molecular complexity index is 1200. The van der Waals surface area contributed by atoms with E-state index in [2.05, 4.69) is 20.6 Å². The molecule has 10 nitrogen and oxygen atoms in total. The highest BCUT2D eigenvalue weighted by Crippen LogP contribution is 2.27. The Kier molecular flexibility index (Phi) is 6.55. The molecule has 0 atom stereocenters. The van der Waals surface area contributed by atoms with Crippen molar-refractivity contribution < 1.29 is 18.1 Å². The highest BCUT2D eigenvalue weighted by Gasteiger charge is 2.18. The quantitative estimate of drug-likeness (QED) is 0.308. The number of hydrogen-bond donors (Lipinski definition) is 2. The van der Waals surface area contributed by atoms with Gasteiger partial charge in [-0.3, -0.25) is 14.9 Å². The summed E-state index contributed by atoms with van der Waals surface area (Å²) in [5.41, 5.74) is 0.909. The van der Waals surface area contributed by atoms with Crippen molar-refractivity contribution in [2.24, 2.45) is 0 Å². The van der Waals surface area contributed by atoms with Crippen LogP contribution in [0.4, 0.5) is 11.4 Å². The molecule has 0 aliphatic heterocycles. The number of amides is 1. The predicted molar refractivity (Wildman–Crippen MR) is 114 cm³/mol. The van der Waals surface area contributed by atoms with Crippen molar-refractivity contribution in [3.05, 3.63) is 76.6 Å². The fraction of sp³-hybridized carbons (Fsp3) is 0.150. The van der Waals surface area contributed by atoms with Crippen LogP contribution in [0.25, 0.3) is 11.4 Å². The Labute approximate surface area is 178 Å². The van der Waals surface area contributed by atoms with E-state index >= 15 is 0 Å². The zero-order valence-electron chi connectivity index (χ0n) is 16.5. The van der Waals surface area contributed by atoms with Crippen molar-refractivity contribution in [2.75, 3.05) is 24.7 Å². The zero-order valence-corrected chi connectivity index (χ0v) is 17.3. The number of nitro benzene ring substituents is 1. The maximum Gasteiger partial charge on any atom is 0.293 e. The largest absolute Gasteiger partial charge is 0.378 e. The Hall–Kier alpha value is -3.86. The van der Waals surface area contributed by atoms with Gasteiger partial charge in [0.25, 0.3) is 11.6 Å². The van der Waals surface area contributed by atoms with Gasteiger partial charge in [0, 0.05) is 43.4 Å². The topological polar surface area (TPSA) is 144 Å². The number of hydrogen-bond acceptors (Lipinski definition) is 8. The molecule has 3 rings (SSSR count). The smallest absolute Gasteiger partial charge is 0.293 e. The van der Waals surface area contributed by atoms with Crippen molar-refractivity contribution >= 4 is 27.1 Å². The number of nitrogens with zero attached hydrogens (tertiary/aromatic N) is 3.